The zero-order valence-electron chi connectivity index (χ0n) is 18.7. The number of rotatable bonds is 6. The third-order valence-corrected chi connectivity index (χ3v) is 8.39. The maximum atomic E-state index is 13.0. The van der Waals surface area contributed by atoms with Gasteiger partial charge in [-0.15, -0.1) is 0 Å². The van der Waals surface area contributed by atoms with E-state index < -0.39 is 0 Å². The average molecular weight is 425 g/mol. The number of amides is 1. The number of Topliss-reactive ketones (excluding diaryl/α,β-unsaturated/α-hetero) is 1. The summed E-state index contributed by atoms with van der Waals surface area (Å²) in [6.07, 6.45) is 12.5. The molecule has 6 nitrogen and oxygen atoms in total. The highest BCUT2D eigenvalue weighted by Crippen LogP contribution is 2.53. The van der Waals surface area contributed by atoms with Gasteiger partial charge in [-0.3, -0.25) is 24.4 Å². The lowest BCUT2D eigenvalue weighted by Gasteiger charge is -2.53. The minimum absolute atomic E-state index is 0.245. The minimum Gasteiger partial charge on any atom is -0.340 e. The molecule has 0 aromatic carbocycles. The van der Waals surface area contributed by atoms with Gasteiger partial charge in [-0.05, 0) is 74.7 Å². The van der Waals surface area contributed by atoms with Crippen LogP contribution in [0.3, 0.4) is 0 Å². The van der Waals surface area contributed by atoms with Crippen molar-refractivity contribution in [2.45, 2.75) is 57.4 Å². The second-order valence-electron chi connectivity index (χ2n) is 10.4. The number of carbonyl (C=O) groups is 2. The van der Waals surface area contributed by atoms with E-state index in [1.54, 1.807) is 12.4 Å². The topological polar surface area (TPSA) is 56.8 Å². The number of hydrogen-bond donors (Lipinski definition) is 0. The lowest BCUT2D eigenvalue weighted by atomic mass is 9.57. The third-order valence-electron chi connectivity index (χ3n) is 8.39. The summed E-state index contributed by atoms with van der Waals surface area (Å²) in [6.45, 7) is 6.50. The van der Waals surface area contributed by atoms with E-state index in [2.05, 4.69) is 19.7 Å². The lowest BCUT2D eigenvalue weighted by molar-refractivity contribution is -0.148. The van der Waals surface area contributed by atoms with Crippen molar-refractivity contribution in [3.8, 4) is 0 Å². The van der Waals surface area contributed by atoms with Gasteiger partial charge in [-0.25, -0.2) is 0 Å². The highest BCUT2D eigenvalue weighted by Gasteiger charge is 2.49. The number of carbonyl (C=O) groups excluding carboxylic acids is 2. The van der Waals surface area contributed by atoms with E-state index in [9.17, 15) is 9.59 Å². The van der Waals surface area contributed by atoms with Gasteiger partial charge in [0.1, 0.15) is 0 Å². The van der Waals surface area contributed by atoms with Gasteiger partial charge >= 0.3 is 0 Å². The summed E-state index contributed by atoms with van der Waals surface area (Å²) in [6, 6.07) is 4.63. The van der Waals surface area contributed by atoms with E-state index in [0.29, 0.717) is 24.3 Å². The predicted molar refractivity (Wildman–Crippen MR) is 120 cm³/mol. The van der Waals surface area contributed by atoms with Crippen molar-refractivity contribution in [1.82, 2.24) is 19.7 Å². The Kier molecular flexibility index (Phi) is 6.11. The maximum absolute atomic E-state index is 13.0. The fraction of sp³-hybridized carbons (Fsp3) is 0.720. The first-order valence-corrected chi connectivity index (χ1v) is 12.3. The van der Waals surface area contributed by atoms with Crippen LogP contribution in [0.1, 0.15) is 50.5 Å². The van der Waals surface area contributed by atoms with Gasteiger partial charge in [-0.2, -0.15) is 0 Å². The lowest BCUT2D eigenvalue weighted by Crippen LogP contribution is -2.57. The molecule has 0 atom stereocenters. The first kappa shape index (κ1) is 21.1. The van der Waals surface area contributed by atoms with Crippen LogP contribution in [0.2, 0.25) is 0 Å². The number of aromatic nitrogens is 1. The molecule has 5 rings (SSSR count). The molecule has 168 valence electrons. The molecule has 4 aliphatic rings. The Labute approximate surface area is 186 Å². The third kappa shape index (κ3) is 4.70. The minimum atomic E-state index is 0.245. The first-order chi connectivity index (χ1) is 15.1. The van der Waals surface area contributed by atoms with Gasteiger partial charge in [0.15, 0.2) is 5.78 Å². The van der Waals surface area contributed by atoms with Gasteiger partial charge in [0.2, 0.25) is 5.91 Å². The highest BCUT2D eigenvalue weighted by molar-refractivity contribution is 5.82. The maximum Gasteiger partial charge on any atom is 0.225 e. The van der Waals surface area contributed by atoms with Crippen LogP contribution in [0, 0.1) is 11.3 Å². The van der Waals surface area contributed by atoms with Crippen LogP contribution >= 0.6 is 0 Å². The Hall–Kier alpha value is -1.79. The number of likely N-dealkylation sites (tertiary alicyclic amines) is 1. The molecule has 2 saturated carbocycles. The molecule has 4 fully saturated rings. The Morgan fingerprint density at radius 2 is 1.65 bits per heavy atom. The van der Waals surface area contributed by atoms with E-state index in [1.165, 1.54) is 19.3 Å². The second kappa shape index (κ2) is 8.99. The normalized spacial score (nSPS) is 25.2. The van der Waals surface area contributed by atoms with E-state index >= 15 is 0 Å². The van der Waals surface area contributed by atoms with Crippen LogP contribution in [0.15, 0.2) is 24.5 Å². The van der Waals surface area contributed by atoms with Crippen molar-refractivity contribution in [3.63, 3.8) is 0 Å². The van der Waals surface area contributed by atoms with E-state index in [0.717, 1.165) is 76.6 Å². The summed E-state index contributed by atoms with van der Waals surface area (Å²) in [4.78, 5) is 36.5. The van der Waals surface area contributed by atoms with Crippen LogP contribution in [0.5, 0.6) is 0 Å². The molecule has 0 unspecified atom stereocenters. The molecule has 1 aromatic heterocycles. The molecule has 1 spiro atoms. The van der Waals surface area contributed by atoms with Crippen molar-refractivity contribution < 1.29 is 9.59 Å². The molecule has 1 aromatic rings. The van der Waals surface area contributed by atoms with Crippen molar-refractivity contribution in [3.05, 3.63) is 30.1 Å². The van der Waals surface area contributed by atoms with Gasteiger partial charge in [0, 0.05) is 57.0 Å². The average Bonchev–Trinajstić information content (AvgIpc) is 2.72. The predicted octanol–water partition coefficient (Wildman–Crippen LogP) is 2.38. The molecule has 2 aliphatic heterocycles. The molecule has 6 heteroatoms. The number of piperazine rings is 1. The largest absolute Gasteiger partial charge is 0.340 e. The summed E-state index contributed by atoms with van der Waals surface area (Å²) in [5.74, 6) is 0.939. The van der Waals surface area contributed by atoms with Crippen molar-refractivity contribution in [1.29, 1.82) is 0 Å². The Bertz CT molecular complexity index is 770. The SMILES string of the molecule is O=C(Cc1ccncc1)CN1CCC2(CC1)CC(C(=O)N1CCN(C3CCC3)CC1)C2. The van der Waals surface area contributed by atoms with Crippen LogP contribution in [0.25, 0.3) is 0 Å². The molecular formula is C25H36N4O2. The zero-order valence-corrected chi connectivity index (χ0v) is 18.7. The number of piperidine rings is 1. The molecule has 31 heavy (non-hydrogen) atoms. The summed E-state index contributed by atoms with van der Waals surface area (Å²) >= 11 is 0. The fourth-order valence-electron chi connectivity index (χ4n) is 6.11. The van der Waals surface area contributed by atoms with Crippen LogP contribution in [-0.2, 0) is 16.0 Å². The molecule has 2 aliphatic carbocycles. The van der Waals surface area contributed by atoms with Crippen LogP contribution in [0.4, 0.5) is 0 Å². The highest BCUT2D eigenvalue weighted by atomic mass is 16.2. The summed E-state index contributed by atoms with van der Waals surface area (Å²) < 4.78 is 0. The van der Waals surface area contributed by atoms with Crippen molar-refractivity contribution >= 4 is 11.7 Å². The fourth-order valence-corrected chi connectivity index (χ4v) is 6.11. The van der Waals surface area contributed by atoms with E-state index in [1.807, 2.05) is 12.1 Å². The Morgan fingerprint density at radius 3 is 2.26 bits per heavy atom. The van der Waals surface area contributed by atoms with Gasteiger partial charge in [0.05, 0.1) is 6.54 Å². The quantitative estimate of drug-likeness (QED) is 0.702. The number of nitrogens with zero attached hydrogens (tertiary/aromatic N) is 4. The molecule has 2 saturated heterocycles. The van der Waals surface area contributed by atoms with E-state index in [4.69, 9.17) is 0 Å². The standard InChI is InChI=1S/C25H36N4O2/c30-23(16-20-4-8-26-9-5-20)19-27-10-6-25(7-11-27)17-21(18-25)24(31)29-14-12-28(13-15-29)22-2-1-3-22/h4-5,8-9,21-22H,1-3,6-7,10-19H2. The van der Waals surface area contributed by atoms with Gasteiger partial charge < -0.3 is 4.90 Å². The number of ketones is 1. The van der Waals surface area contributed by atoms with Gasteiger partial charge in [-0.1, -0.05) is 6.42 Å². The molecule has 0 bridgehead atoms. The van der Waals surface area contributed by atoms with E-state index in [-0.39, 0.29) is 11.7 Å². The molecule has 3 heterocycles. The second-order valence-corrected chi connectivity index (χ2v) is 10.4. The number of pyridine rings is 1. The smallest absolute Gasteiger partial charge is 0.225 e. The van der Waals surface area contributed by atoms with Crippen molar-refractivity contribution in [2.75, 3.05) is 45.8 Å². The monoisotopic (exact) mass is 424 g/mol. The van der Waals surface area contributed by atoms with Crippen LogP contribution < -0.4 is 0 Å². The first-order valence-electron chi connectivity index (χ1n) is 12.3. The van der Waals surface area contributed by atoms with Gasteiger partial charge in [0.25, 0.3) is 0 Å². The number of hydrogen-bond acceptors (Lipinski definition) is 5. The van der Waals surface area contributed by atoms with Crippen LogP contribution in [-0.4, -0.2) is 83.2 Å². The van der Waals surface area contributed by atoms with Crippen molar-refractivity contribution in [2.24, 2.45) is 11.3 Å². The molecule has 0 N–H and O–H groups in total. The molecular weight excluding hydrogens is 388 g/mol. The zero-order chi connectivity index (χ0) is 21.3. The summed E-state index contributed by atoms with van der Waals surface area (Å²) in [7, 11) is 0. The summed E-state index contributed by atoms with van der Waals surface area (Å²) in [5.41, 5.74) is 1.40. The molecule has 0 radical (unpaired) electrons. The molecule has 1 amide bonds. The summed E-state index contributed by atoms with van der Waals surface area (Å²) in [5, 5.41) is 0. The Morgan fingerprint density at radius 1 is 0.968 bits per heavy atom. The Balaban J connectivity index is 1.02.